The van der Waals surface area contributed by atoms with E-state index in [2.05, 4.69) is 50.4 Å². The summed E-state index contributed by atoms with van der Waals surface area (Å²) in [6.07, 6.45) is 4.99. The Morgan fingerprint density at radius 3 is 2.56 bits per heavy atom. The van der Waals surface area contributed by atoms with Gasteiger partial charge in [-0.15, -0.1) is 0 Å². The van der Waals surface area contributed by atoms with Crippen molar-refractivity contribution in [3.8, 4) is 5.75 Å². The quantitative estimate of drug-likeness (QED) is 0.829. The molecule has 100 valence electrons. The minimum absolute atomic E-state index is 0.414. The minimum Gasteiger partial charge on any atom is -0.494 e. The van der Waals surface area contributed by atoms with Gasteiger partial charge in [0.05, 0.1) is 6.61 Å². The zero-order valence-electron chi connectivity index (χ0n) is 11.8. The fraction of sp³-hybridized carbons (Fsp3) is 0.625. The Kier molecular flexibility index (Phi) is 4.15. The number of hydrogen-bond donors (Lipinski definition) is 1. The summed E-state index contributed by atoms with van der Waals surface area (Å²) in [6, 6.07) is 8.96. The molecule has 1 N–H and O–H groups in total. The van der Waals surface area contributed by atoms with Crippen molar-refractivity contribution in [3.63, 3.8) is 0 Å². The van der Waals surface area contributed by atoms with Crippen LogP contribution in [0.3, 0.4) is 0 Å². The smallest absolute Gasteiger partial charge is 0.119 e. The van der Waals surface area contributed by atoms with E-state index in [1.54, 1.807) is 0 Å². The van der Waals surface area contributed by atoms with Gasteiger partial charge in [-0.05, 0) is 48.9 Å². The largest absolute Gasteiger partial charge is 0.494 e. The Balaban J connectivity index is 1.94. The van der Waals surface area contributed by atoms with Crippen LogP contribution in [0.4, 0.5) is 5.69 Å². The molecule has 0 amide bonds. The zero-order chi connectivity index (χ0) is 13.0. The van der Waals surface area contributed by atoms with Crippen LogP contribution >= 0.6 is 0 Å². The van der Waals surface area contributed by atoms with E-state index in [-0.39, 0.29) is 0 Å². The molecular formula is C16H25NO. The molecule has 1 atom stereocenters. The lowest BCUT2D eigenvalue weighted by molar-refractivity contribution is 0.317. The Morgan fingerprint density at radius 1 is 1.28 bits per heavy atom. The van der Waals surface area contributed by atoms with Crippen molar-refractivity contribution in [1.82, 2.24) is 0 Å². The number of ether oxygens (including phenoxy) is 1. The minimum atomic E-state index is 0.414. The van der Waals surface area contributed by atoms with E-state index in [9.17, 15) is 0 Å². The summed E-state index contributed by atoms with van der Waals surface area (Å²) in [5.41, 5.74) is 1.62. The first-order valence-corrected chi connectivity index (χ1v) is 7.11. The first-order chi connectivity index (χ1) is 8.62. The van der Waals surface area contributed by atoms with Crippen LogP contribution in [0.15, 0.2) is 24.3 Å². The summed E-state index contributed by atoms with van der Waals surface area (Å²) >= 11 is 0. The molecule has 1 unspecified atom stereocenters. The zero-order valence-corrected chi connectivity index (χ0v) is 11.8. The Bertz CT molecular complexity index is 369. The van der Waals surface area contributed by atoms with Gasteiger partial charge >= 0.3 is 0 Å². The van der Waals surface area contributed by atoms with Crippen LogP contribution in [0.5, 0.6) is 5.75 Å². The van der Waals surface area contributed by atoms with Crippen molar-refractivity contribution < 1.29 is 4.74 Å². The maximum atomic E-state index is 5.59. The fourth-order valence-corrected chi connectivity index (χ4v) is 2.66. The second kappa shape index (κ2) is 5.64. The van der Waals surface area contributed by atoms with Crippen molar-refractivity contribution in [2.45, 2.75) is 52.5 Å². The molecule has 0 aliphatic heterocycles. The van der Waals surface area contributed by atoms with Crippen LogP contribution in [0.25, 0.3) is 0 Å². The van der Waals surface area contributed by atoms with Crippen LogP contribution in [0, 0.1) is 5.41 Å². The molecule has 1 saturated carbocycles. The third-order valence-electron chi connectivity index (χ3n) is 3.93. The summed E-state index contributed by atoms with van der Waals surface area (Å²) < 4.78 is 5.59. The first kappa shape index (κ1) is 13.3. The maximum Gasteiger partial charge on any atom is 0.119 e. The van der Waals surface area contributed by atoms with Crippen LogP contribution < -0.4 is 10.1 Å². The van der Waals surface area contributed by atoms with Crippen molar-refractivity contribution in [2.75, 3.05) is 11.9 Å². The average molecular weight is 247 g/mol. The van der Waals surface area contributed by atoms with E-state index in [1.165, 1.54) is 24.9 Å². The highest BCUT2D eigenvalue weighted by Crippen LogP contribution is 2.39. The molecule has 0 spiro atoms. The van der Waals surface area contributed by atoms with E-state index in [1.807, 2.05) is 0 Å². The molecule has 1 aliphatic carbocycles. The fourth-order valence-electron chi connectivity index (χ4n) is 2.66. The molecular weight excluding hydrogens is 222 g/mol. The lowest BCUT2D eigenvalue weighted by Gasteiger charge is -2.28. The summed E-state index contributed by atoms with van der Waals surface area (Å²) in [4.78, 5) is 0. The highest BCUT2D eigenvalue weighted by Gasteiger charge is 2.34. The topological polar surface area (TPSA) is 21.3 Å². The molecule has 0 aromatic heterocycles. The second-order valence-electron chi connectivity index (χ2n) is 5.95. The Labute approximate surface area is 111 Å². The molecule has 2 nitrogen and oxygen atoms in total. The summed E-state index contributed by atoms with van der Waals surface area (Å²) in [6.45, 7) is 7.63. The molecule has 1 aliphatic rings. The maximum absolute atomic E-state index is 5.59. The van der Waals surface area contributed by atoms with Gasteiger partial charge in [0.1, 0.15) is 5.75 Å². The van der Waals surface area contributed by atoms with Gasteiger partial charge < -0.3 is 10.1 Å². The monoisotopic (exact) mass is 247 g/mol. The van der Waals surface area contributed by atoms with Crippen molar-refractivity contribution in [2.24, 2.45) is 5.41 Å². The third kappa shape index (κ3) is 3.18. The van der Waals surface area contributed by atoms with Gasteiger partial charge in [0.2, 0.25) is 0 Å². The lowest BCUT2D eigenvalue weighted by atomic mass is 9.87. The second-order valence-corrected chi connectivity index (χ2v) is 5.95. The molecule has 1 aromatic carbocycles. The Morgan fingerprint density at radius 2 is 2.00 bits per heavy atom. The van der Waals surface area contributed by atoms with E-state index < -0.39 is 0 Å². The van der Waals surface area contributed by atoms with Gasteiger partial charge in [0.25, 0.3) is 0 Å². The third-order valence-corrected chi connectivity index (χ3v) is 3.93. The van der Waals surface area contributed by atoms with Crippen molar-refractivity contribution in [1.29, 1.82) is 0 Å². The molecule has 18 heavy (non-hydrogen) atoms. The predicted octanol–water partition coefficient (Wildman–Crippen LogP) is 4.47. The highest BCUT2D eigenvalue weighted by molar-refractivity contribution is 5.47. The van der Waals surface area contributed by atoms with Crippen molar-refractivity contribution in [3.05, 3.63) is 24.3 Å². The number of anilines is 1. The highest BCUT2D eigenvalue weighted by atomic mass is 16.5. The normalized spacial score (nSPS) is 21.8. The average Bonchev–Trinajstić information content (AvgIpc) is 2.68. The van der Waals surface area contributed by atoms with Gasteiger partial charge in [0, 0.05) is 11.7 Å². The van der Waals surface area contributed by atoms with E-state index >= 15 is 0 Å². The van der Waals surface area contributed by atoms with Gasteiger partial charge in [-0.3, -0.25) is 0 Å². The Hall–Kier alpha value is -1.18. The lowest BCUT2D eigenvalue weighted by Crippen LogP contribution is -2.30. The molecule has 0 bridgehead atoms. The van der Waals surface area contributed by atoms with E-state index in [4.69, 9.17) is 4.74 Å². The molecule has 1 aromatic rings. The van der Waals surface area contributed by atoms with Crippen molar-refractivity contribution >= 4 is 5.69 Å². The summed E-state index contributed by atoms with van der Waals surface area (Å²) in [7, 11) is 0. The standard InChI is InChI=1S/C16H25NO/c1-4-12-18-14-9-7-13(8-10-14)17-15-6-5-11-16(15,2)3/h7-10,15,17H,4-6,11-12H2,1-3H3. The SMILES string of the molecule is CCCOc1ccc(NC2CCCC2(C)C)cc1. The van der Waals surface area contributed by atoms with Crippen LogP contribution in [-0.4, -0.2) is 12.6 Å². The molecule has 0 radical (unpaired) electrons. The summed E-state index contributed by atoms with van der Waals surface area (Å²) in [5, 5.41) is 3.66. The number of hydrogen-bond acceptors (Lipinski definition) is 2. The van der Waals surface area contributed by atoms with Crippen LogP contribution in [0.2, 0.25) is 0 Å². The number of rotatable bonds is 5. The summed E-state index contributed by atoms with van der Waals surface area (Å²) in [5.74, 6) is 0.966. The molecule has 1 fully saturated rings. The number of nitrogens with one attached hydrogen (secondary N) is 1. The van der Waals surface area contributed by atoms with E-state index in [0.29, 0.717) is 11.5 Å². The van der Waals surface area contributed by atoms with Crippen LogP contribution in [0.1, 0.15) is 46.5 Å². The number of benzene rings is 1. The molecule has 2 heteroatoms. The van der Waals surface area contributed by atoms with Gasteiger partial charge in [0.15, 0.2) is 0 Å². The molecule has 2 rings (SSSR count). The van der Waals surface area contributed by atoms with Gasteiger partial charge in [-0.25, -0.2) is 0 Å². The molecule has 0 heterocycles. The predicted molar refractivity (Wildman–Crippen MR) is 77.3 cm³/mol. The first-order valence-electron chi connectivity index (χ1n) is 7.11. The van der Waals surface area contributed by atoms with Gasteiger partial charge in [-0.1, -0.05) is 27.2 Å². The molecule has 0 saturated heterocycles. The van der Waals surface area contributed by atoms with Crippen LogP contribution in [-0.2, 0) is 0 Å². The van der Waals surface area contributed by atoms with Gasteiger partial charge in [-0.2, -0.15) is 0 Å². The van der Waals surface area contributed by atoms with E-state index in [0.717, 1.165) is 18.8 Å².